The van der Waals surface area contributed by atoms with Gasteiger partial charge in [0, 0.05) is 57.7 Å². The quantitative estimate of drug-likeness (QED) is 0.615. The van der Waals surface area contributed by atoms with Gasteiger partial charge in [0.15, 0.2) is 0 Å². The number of aliphatic hydroxyl groups is 1. The van der Waals surface area contributed by atoms with Crippen LogP contribution in [0.5, 0.6) is 0 Å². The second-order valence-electron chi connectivity index (χ2n) is 5.17. The van der Waals surface area contributed by atoms with E-state index in [4.69, 9.17) is 4.74 Å². The Morgan fingerprint density at radius 1 is 1.29 bits per heavy atom. The molecule has 1 aromatic rings. The monoisotopic (exact) mass is 295 g/mol. The Bertz CT molecular complexity index is 458. The van der Waals surface area contributed by atoms with E-state index in [0.29, 0.717) is 13.2 Å². The minimum atomic E-state index is -0.457. The number of methoxy groups -OCH3 is 1. The summed E-state index contributed by atoms with van der Waals surface area (Å²) in [5, 5.41) is 20.4. The smallest absolute Gasteiger partial charge is 0.269 e. The highest BCUT2D eigenvalue weighted by atomic mass is 16.6. The van der Waals surface area contributed by atoms with Crippen LogP contribution in [-0.2, 0) is 4.74 Å². The molecule has 1 N–H and O–H groups in total. The van der Waals surface area contributed by atoms with Crippen LogP contribution in [0.2, 0.25) is 0 Å². The van der Waals surface area contributed by atoms with Gasteiger partial charge in [0.05, 0.1) is 17.6 Å². The number of hydrogen-bond acceptors (Lipinski definition) is 6. The third kappa shape index (κ3) is 4.38. The number of aliphatic hydroxyl groups excluding tert-OH is 1. The van der Waals surface area contributed by atoms with Crippen molar-refractivity contribution in [3.05, 3.63) is 34.4 Å². The zero-order valence-electron chi connectivity index (χ0n) is 12.1. The Morgan fingerprint density at radius 3 is 2.43 bits per heavy atom. The fourth-order valence-corrected chi connectivity index (χ4v) is 2.52. The van der Waals surface area contributed by atoms with E-state index in [-0.39, 0.29) is 10.6 Å². The Kier molecular flexibility index (Phi) is 5.49. The molecular weight excluding hydrogens is 274 g/mol. The standard InChI is InChI=1S/C14H21N3O4/c1-21-11-14(18)10-15-6-8-16(9-7-15)12-2-4-13(5-3-12)17(19)20/h2-5,14,18H,6-11H2,1H3/t14-/m1/s1. The van der Waals surface area contributed by atoms with E-state index in [1.54, 1.807) is 19.2 Å². The van der Waals surface area contributed by atoms with Gasteiger partial charge in [-0.05, 0) is 12.1 Å². The molecule has 0 saturated carbocycles. The van der Waals surface area contributed by atoms with E-state index < -0.39 is 6.10 Å². The summed E-state index contributed by atoms with van der Waals surface area (Å²) in [6, 6.07) is 6.63. The molecule has 116 valence electrons. The molecule has 0 radical (unpaired) electrons. The Labute approximate surface area is 123 Å². The van der Waals surface area contributed by atoms with Gasteiger partial charge >= 0.3 is 0 Å². The van der Waals surface area contributed by atoms with Gasteiger partial charge in [-0.2, -0.15) is 0 Å². The van der Waals surface area contributed by atoms with Gasteiger partial charge in [0.1, 0.15) is 0 Å². The maximum Gasteiger partial charge on any atom is 0.269 e. The third-order valence-corrected chi connectivity index (χ3v) is 3.63. The first kappa shape index (κ1) is 15.7. The highest BCUT2D eigenvalue weighted by molar-refractivity contribution is 5.51. The molecule has 2 rings (SSSR count). The van der Waals surface area contributed by atoms with Crippen LogP contribution >= 0.6 is 0 Å². The lowest BCUT2D eigenvalue weighted by molar-refractivity contribution is -0.384. The molecule has 1 atom stereocenters. The van der Waals surface area contributed by atoms with Crippen molar-refractivity contribution in [2.24, 2.45) is 0 Å². The fourth-order valence-electron chi connectivity index (χ4n) is 2.52. The molecule has 1 fully saturated rings. The van der Waals surface area contributed by atoms with Crippen LogP contribution < -0.4 is 4.90 Å². The summed E-state index contributed by atoms with van der Waals surface area (Å²) < 4.78 is 4.92. The molecule has 21 heavy (non-hydrogen) atoms. The minimum absolute atomic E-state index is 0.111. The summed E-state index contributed by atoms with van der Waals surface area (Å²) >= 11 is 0. The van der Waals surface area contributed by atoms with Crippen molar-refractivity contribution >= 4 is 11.4 Å². The van der Waals surface area contributed by atoms with Crippen LogP contribution in [0.3, 0.4) is 0 Å². The zero-order chi connectivity index (χ0) is 15.2. The first-order valence-corrected chi connectivity index (χ1v) is 6.99. The van der Waals surface area contributed by atoms with Gasteiger partial charge in [0.25, 0.3) is 5.69 Å². The molecule has 0 bridgehead atoms. The summed E-state index contributed by atoms with van der Waals surface area (Å²) in [6.45, 7) is 4.37. The second kappa shape index (κ2) is 7.35. The van der Waals surface area contributed by atoms with Crippen LogP contribution in [0, 0.1) is 10.1 Å². The number of β-amino-alcohol motifs (C(OH)–C–C–N with tert-alkyl or cyclic N) is 1. The minimum Gasteiger partial charge on any atom is -0.389 e. The molecule has 7 nitrogen and oxygen atoms in total. The summed E-state index contributed by atoms with van der Waals surface area (Å²) in [6.07, 6.45) is -0.457. The number of hydrogen-bond donors (Lipinski definition) is 1. The lowest BCUT2D eigenvalue weighted by Crippen LogP contribution is -2.49. The molecule has 0 spiro atoms. The van der Waals surface area contributed by atoms with Crippen molar-refractivity contribution < 1.29 is 14.8 Å². The van der Waals surface area contributed by atoms with Crippen molar-refractivity contribution in [3.63, 3.8) is 0 Å². The molecule has 1 saturated heterocycles. The summed E-state index contributed by atoms with van der Waals surface area (Å²) in [5.74, 6) is 0. The molecule has 1 aromatic carbocycles. The van der Waals surface area contributed by atoms with Crippen LogP contribution in [-0.4, -0.2) is 67.5 Å². The normalized spacial score (nSPS) is 17.7. The molecule has 1 aliphatic heterocycles. The summed E-state index contributed by atoms with van der Waals surface area (Å²) in [7, 11) is 1.58. The number of piperazine rings is 1. The van der Waals surface area contributed by atoms with Crippen molar-refractivity contribution in [3.8, 4) is 0 Å². The second-order valence-corrected chi connectivity index (χ2v) is 5.17. The fraction of sp³-hybridized carbons (Fsp3) is 0.571. The summed E-state index contributed by atoms with van der Waals surface area (Å²) in [4.78, 5) is 14.6. The SMILES string of the molecule is COC[C@H](O)CN1CCN(c2ccc([N+](=O)[O-])cc2)CC1. The maximum atomic E-state index is 10.6. The van der Waals surface area contributed by atoms with Gasteiger partial charge in [-0.25, -0.2) is 0 Å². The number of benzene rings is 1. The van der Waals surface area contributed by atoms with Crippen LogP contribution in [0.25, 0.3) is 0 Å². The number of nitro benzene ring substituents is 1. The van der Waals surface area contributed by atoms with Gasteiger partial charge in [-0.15, -0.1) is 0 Å². The maximum absolute atomic E-state index is 10.6. The van der Waals surface area contributed by atoms with E-state index >= 15 is 0 Å². The van der Waals surface area contributed by atoms with Crippen LogP contribution in [0.15, 0.2) is 24.3 Å². The Morgan fingerprint density at radius 2 is 1.90 bits per heavy atom. The number of non-ortho nitro benzene ring substituents is 1. The molecule has 0 unspecified atom stereocenters. The number of anilines is 1. The van der Waals surface area contributed by atoms with Crippen LogP contribution in [0.1, 0.15) is 0 Å². The number of ether oxygens (including phenoxy) is 1. The molecule has 0 aromatic heterocycles. The molecule has 1 aliphatic rings. The van der Waals surface area contributed by atoms with E-state index in [9.17, 15) is 15.2 Å². The number of rotatable bonds is 6. The average Bonchev–Trinajstić information content (AvgIpc) is 2.48. The Hall–Kier alpha value is -1.70. The van der Waals surface area contributed by atoms with Crippen LogP contribution in [0.4, 0.5) is 11.4 Å². The third-order valence-electron chi connectivity index (χ3n) is 3.63. The topological polar surface area (TPSA) is 79.1 Å². The lowest BCUT2D eigenvalue weighted by Gasteiger charge is -2.36. The van der Waals surface area contributed by atoms with Crippen molar-refractivity contribution in [1.29, 1.82) is 0 Å². The number of nitro groups is 1. The molecule has 1 heterocycles. The van der Waals surface area contributed by atoms with Gasteiger partial charge in [0.2, 0.25) is 0 Å². The Balaban J connectivity index is 1.84. The van der Waals surface area contributed by atoms with Crippen molar-refractivity contribution in [2.45, 2.75) is 6.10 Å². The zero-order valence-corrected chi connectivity index (χ0v) is 12.1. The average molecular weight is 295 g/mol. The molecule has 7 heteroatoms. The van der Waals surface area contributed by atoms with E-state index in [1.165, 1.54) is 12.1 Å². The van der Waals surface area contributed by atoms with Gasteiger partial charge < -0.3 is 14.7 Å². The first-order valence-electron chi connectivity index (χ1n) is 6.99. The summed E-state index contributed by atoms with van der Waals surface area (Å²) in [5.41, 5.74) is 1.11. The number of nitrogens with zero attached hydrogens (tertiary/aromatic N) is 3. The van der Waals surface area contributed by atoms with E-state index in [1.807, 2.05) is 0 Å². The highest BCUT2D eigenvalue weighted by Crippen LogP contribution is 2.20. The van der Waals surface area contributed by atoms with Crippen molar-refractivity contribution in [1.82, 2.24) is 4.90 Å². The highest BCUT2D eigenvalue weighted by Gasteiger charge is 2.19. The molecule has 0 aliphatic carbocycles. The first-order chi connectivity index (χ1) is 10.1. The lowest BCUT2D eigenvalue weighted by atomic mass is 10.2. The van der Waals surface area contributed by atoms with E-state index in [0.717, 1.165) is 31.9 Å². The molecular formula is C14H21N3O4. The predicted molar refractivity (Wildman–Crippen MR) is 79.6 cm³/mol. The molecule has 0 amide bonds. The van der Waals surface area contributed by atoms with Gasteiger partial charge in [-0.3, -0.25) is 15.0 Å². The van der Waals surface area contributed by atoms with Gasteiger partial charge in [-0.1, -0.05) is 0 Å². The van der Waals surface area contributed by atoms with E-state index in [2.05, 4.69) is 9.80 Å². The largest absolute Gasteiger partial charge is 0.389 e. The predicted octanol–water partition coefficient (Wildman–Crippen LogP) is 0.724. The van der Waals surface area contributed by atoms with Crippen molar-refractivity contribution in [2.75, 3.05) is 51.3 Å².